The zero-order valence-corrected chi connectivity index (χ0v) is 11.5. The van der Waals surface area contributed by atoms with Gasteiger partial charge in [-0.15, -0.1) is 11.3 Å². The fourth-order valence-corrected chi connectivity index (χ4v) is 2.81. The van der Waals surface area contributed by atoms with Gasteiger partial charge in [-0.1, -0.05) is 6.92 Å². The first-order chi connectivity index (χ1) is 9.26. The molecule has 0 amide bonds. The smallest absolute Gasteiger partial charge is 0.193 e. The molecule has 1 N–H and O–H groups in total. The first-order valence-electron chi connectivity index (χ1n) is 6.37. The van der Waals surface area contributed by atoms with Crippen LogP contribution in [0.1, 0.15) is 30.7 Å². The van der Waals surface area contributed by atoms with E-state index in [4.69, 9.17) is 0 Å². The van der Waals surface area contributed by atoms with Crippen molar-refractivity contribution in [2.75, 3.05) is 0 Å². The second kappa shape index (κ2) is 5.14. The van der Waals surface area contributed by atoms with E-state index in [1.807, 2.05) is 33.1 Å². The number of imidazole rings is 1. The molecule has 0 aliphatic rings. The average Bonchev–Trinajstić information content (AvgIpc) is 3.03. The number of fused-ring (bicyclic) bond motifs is 1. The minimum Gasteiger partial charge on any atom is -0.388 e. The molecule has 0 bridgehead atoms. The predicted molar refractivity (Wildman–Crippen MR) is 74.3 cm³/mol. The highest BCUT2D eigenvalue weighted by Crippen LogP contribution is 2.19. The molecule has 1 atom stereocenters. The van der Waals surface area contributed by atoms with Gasteiger partial charge in [0, 0.05) is 42.5 Å². The normalized spacial score (nSPS) is 13.2. The van der Waals surface area contributed by atoms with Crippen molar-refractivity contribution in [3.05, 3.63) is 41.4 Å². The molecular formula is C13H16N4OS. The third kappa shape index (κ3) is 2.54. The van der Waals surface area contributed by atoms with Crippen molar-refractivity contribution < 1.29 is 5.11 Å². The largest absolute Gasteiger partial charge is 0.388 e. The number of aliphatic hydroxyl groups is 1. The van der Waals surface area contributed by atoms with E-state index in [1.165, 1.54) is 0 Å². The van der Waals surface area contributed by atoms with Gasteiger partial charge in [-0.05, 0) is 6.42 Å². The van der Waals surface area contributed by atoms with Gasteiger partial charge in [0.15, 0.2) is 4.96 Å². The quantitative estimate of drug-likeness (QED) is 0.778. The summed E-state index contributed by atoms with van der Waals surface area (Å²) in [4.78, 5) is 5.44. The molecule has 0 aromatic carbocycles. The zero-order chi connectivity index (χ0) is 13.2. The second-order valence-electron chi connectivity index (χ2n) is 4.58. The Morgan fingerprint density at radius 2 is 2.32 bits per heavy atom. The molecule has 0 aliphatic heterocycles. The van der Waals surface area contributed by atoms with Crippen molar-refractivity contribution in [3.8, 4) is 0 Å². The van der Waals surface area contributed by atoms with Crippen LogP contribution in [-0.2, 0) is 13.0 Å². The Morgan fingerprint density at radius 3 is 3.11 bits per heavy atom. The highest BCUT2D eigenvalue weighted by molar-refractivity contribution is 7.15. The topological polar surface area (TPSA) is 55.4 Å². The fourth-order valence-electron chi connectivity index (χ4n) is 2.09. The van der Waals surface area contributed by atoms with E-state index in [0.29, 0.717) is 6.42 Å². The molecule has 0 saturated carbocycles. The molecule has 100 valence electrons. The summed E-state index contributed by atoms with van der Waals surface area (Å²) in [6.45, 7) is 2.99. The number of nitrogens with zero attached hydrogens (tertiary/aromatic N) is 4. The summed E-state index contributed by atoms with van der Waals surface area (Å²) in [5.41, 5.74) is 1.76. The molecule has 3 heterocycles. The lowest BCUT2D eigenvalue weighted by Crippen LogP contribution is -2.01. The van der Waals surface area contributed by atoms with Gasteiger partial charge in [-0.3, -0.25) is 9.08 Å². The number of aromatic nitrogens is 4. The summed E-state index contributed by atoms with van der Waals surface area (Å²) >= 11 is 1.60. The van der Waals surface area contributed by atoms with Crippen LogP contribution in [0.5, 0.6) is 0 Å². The van der Waals surface area contributed by atoms with Gasteiger partial charge >= 0.3 is 0 Å². The van der Waals surface area contributed by atoms with Crippen molar-refractivity contribution in [3.63, 3.8) is 0 Å². The lowest BCUT2D eigenvalue weighted by Gasteiger charge is -2.05. The third-order valence-corrected chi connectivity index (χ3v) is 3.81. The summed E-state index contributed by atoms with van der Waals surface area (Å²) in [6, 6.07) is 0. The number of aliphatic hydroxyl groups excluding tert-OH is 1. The number of rotatable bonds is 5. The Balaban J connectivity index is 1.72. The van der Waals surface area contributed by atoms with Gasteiger partial charge in [-0.2, -0.15) is 5.10 Å². The van der Waals surface area contributed by atoms with Crippen molar-refractivity contribution in [2.45, 2.75) is 32.4 Å². The molecule has 5 nitrogen and oxygen atoms in total. The maximum atomic E-state index is 10.2. The van der Waals surface area contributed by atoms with Crippen LogP contribution in [0, 0.1) is 0 Å². The molecule has 0 spiro atoms. The summed E-state index contributed by atoms with van der Waals surface area (Å²) in [5.74, 6) is 0. The van der Waals surface area contributed by atoms with Gasteiger partial charge in [0.05, 0.1) is 18.0 Å². The summed E-state index contributed by atoms with van der Waals surface area (Å²) in [6.07, 6.45) is 8.59. The maximum Gasteiger partial charge on any atom is 0.193 e. The van der Waals surface area contributed by atoms with Crippen LogP contribution in [0.3, 0.4) is 0 Å². The van der Waals surface area contributed by atoms with Crippen molar-refractivity contribution in [2.24, 2.45) is 0 Å². The lowest BCUT2D eigenvalue weighted by molar-refractivity contribution is 0.177. The van der Waals surface area contributed by atoms with Gasteiger partial charge in [0.25, 0.3) is 0 Å². The van der Waals surface area contributed by atoms with Crippen LogP contribution < -0.4 is 0 Å². The molecule has 3 rings (SSSR count). The Kier molecular flexibility index (Phi) is 3.35. The molecule has 19 heavy (non-hydrogen) atoms. The predicted octanol–water partition coefficient (Wildman–Crippen LogP) is 2.28. The molecule has 0 aliphatic carbocycles. The zero-order valence-electron chi connectivity index (χ0n) is 10.7. The van der Waals surface area contributed by atoms with Crippen LogP contribution in [-0.4, -0.2) is 24.3 Å². The molecule has 0 radical (unpaired) electrons. The summed E-state index contributed by atoms with van der Waals surface area (Å²) in [7, 11) is 0. The van der Waals surface area contributed by atoms with Gasteiger partial charge in [0.1, 0.15) is 0 Å². The average molecular weight is 276 g/mol. The van der Waals surface area contributed by atoms with Crippen molar-refractivity contribution in [1.82, 2.24) is 19.2 Å². The molecule has 3 aromatic rings. The molecule has 0 saturated heterocycles. The highest BCUT2D eigenvalue weighted by atomic mass is 32.1. The number of hydrogen-bond donors (Lipinski definition) is 1. The molecular weight excluding hydrogens is 260 g/mol. The van der Waals surface area contributed by atoms with Crippen molar-refractivity contribution in [1.29, 1.82) is 0 Å². The molecule has 1 unspecified atom stereocenters. The van der Waals surface area contributed by atoms with E-state index in [1.54, 1.807) is 17.5 Å². The number of thiazole rings is 1. The lowest BCUT2D eigenvalue weighted by atomic mass is 10.1. The third-order valence-electron chi connectivity index (χ3n) is 3.04. The van der Waals surface area contributed by atoms with Gasteiger partial charge in [-0.25, -0.2) is 4.98 Å². The second-order valence-corrected chi connectivity index (χ2v) is 5.45. The molecule has 0 fully saturated rings. The Morgan fingerprint density at radius 1 is 1.42 bits per heavy atom. The first-order valence-corrected chi connectivity index (χ1v) is 7.25. The Hall–Kier alpha value is -1.66. The minimum atomic E-state index is -0.546. The SMILES string of the molecule is CCCn1cc(C(O)Cc2cn3ccsc3n2)cn1. The standard InChI is InChI=1S/C13H16N4OS/c1-2-3-17-8-10(7-14-17)12(18)6-11-9-16-4-5-19-13(16)15-11/h4-5,7-9,12,18H,2-3,6H2,1H3. The van der Waals surface area contributed by atoms with E-state index in [2.05, 4.69) is 17.0 Å². The van der Waals surface area contributed by atoms with Crippen LogP contribution in [0.2, 0.25) is 0 Å². The van der Waals surface area contributed by atoms with E-state index in [9.17, 15) is 5.11 Å². The number of aryl methyl sites for hydroxylation is 1. The summed E-state index contributed by atoms with van der Waals surface area (Å²) < 4.78 is 3.84. The first kappa shape index (κ1) is 12.4. The van der Waals surface area contributed by atoms with E-state index >= 15 is 0 Å². The van der Waals surface area contributed by atoms with Crippen LogP contribution in [0.25, 0.3) is 4.96 Å². The highest BCUT2D eigenvalue weighted by Gasteiger charge is 2.13. The van der Waals surface area contributed by atoms with Crippen LogP contribution in [0.4, 0.5) is 0 Å². The summed E-state index contributed by atoms with van der Waals surface area (Å²) in [5, 5.41) is 16.5. The number of hydrogen-bond acceptors (Lipinski definition) is 4. The molecule has 3 aromatic heterocycles. The van der Waals surface area contributed by atoms with Crippen LogP contribution in [0.15, 0.2) is 30.2 Å². The van der Waals surface area contributed by atoms with Gasteiger partial charge in [0.2, 0.25) is 0 Å². The monoisotopic (exact) mass is 276 g/mol. The minimum absolute atomic E-state index is 0.520. The Labute approximate surface area is 115 Å². The van der Waals surface area contributed by atoms with Crippen molar-refractivity contribution >= 4 is 16.3 Å². The molecule has 6 heteroatoms. The Bertz CT molecular complexity index is 640. The van der Waals surface area contributed by atoms with E-state index in [-0.39, 0.29) is 0 Å². The van der Waals surface area contributed by atoms with E-state index < -0.39 is 6.10 Å². The van der Waals surface area contributed by atoms with E-state index in [0.717, 1.165) is 29.2 Å². The van der Waals surface area contributed by atoms with Gasteiger partial charge < -0.3 is 5.11 Å². The van der Waals surface area contributed by atoms with Crippen LogP contribution >= 0.6 is 11.3 Å². The maximum absolute atomic E-state index is 10.2. The fraction of sp³-hybridized carbons (Fsp3) is 0.385.